The van der Waals surface area contributed by atoms with E-state index in [1.54, 1.807) is 6.20 Å². The van der Waals surface area contributed by atoms with E-state index in [1.165, 1.54) is 0 Å². The fourth-order valence-corrected chi connectivity index (χ4v) is 2.09. The molecule has 2 heterocycles. The minimum absolute atomic E-state index is 0.0498. The Morgan fingerprint density at radius 1 is 1.59 bits per heavy atom. The van der Waals surface area contributed by atoms with E-state index in [2.05, 4.69) is 10.3 Å². The summed E-state index contributed by atoms with van der Waals surface area (Å²) in [6, 6.07) is 1.95. The van der Waals surface area contributed by atoms with E-state index < -0.39 is 0 Å². The third-order valence-corrected chi connectivity index (χ3v) is 3.03. The molecular formula is C12H18N4O. The largest absolute Gasteiger partial charge is 0.354 e. The van der Waals surface area contributed by atoms with E-state index in [-0.39, 0.29) is 5.91 Å². The number of aryl methyl sites for hydroxylation is 1. The smallest absolute Gasteiger partial charge is 0.239 e. The second-order valence-electron chi connectivity index (χ2n) is 4.26. The number of anilines is 1. The number of nitrogens with one attached hydrogen (secondary N) is 1. The molecule has 1 amide bonds. The second-order valence-corrected chi connectivity index (χ2v) is 4.26. The van der Waals surface area contributed by atoms with E-state index in [0.717, 1.165) is 36.5 Å². The molecule has 17 heavy (non-hydrogen) atoms. The van der Waals surface area contributed by atoms with Crippen LogP contribution in [0.15, 0.2) is 12.3 Å². The molecule has 1 aliphatic heterocycles. The van der Waals surface area contributed by atoms with Crippen molar-refractivity contribution in [2.75, 3.05) is 24.5 Å². The highest BCUT2D eigenvalue weighted by Crippen LogP contribution is 2.20. The van der Waals surface area contributed by atoms with Crippen LogP contribution < -0.4 is 16.0 Å². The SMILES string of the molecule is Cc1ccnc(N2CCCNC(=O)C2)c1CN. The van der Waals surface area contributed by atoms with Crippen molar-refractivity contribution in [3.8, 4) is 0 Å². The molecule has 3 N–H and O–H groups in total. The molecule has 5 heteroatoms. The van der Waals surface area contributed by atoms with Gasteiger partial charge in [0.15, 0.2) is 0 Å². The highest BCUT2D eigenvalue weighted by Gasteiger charge is 2.18. The van der Waals surface area contributed by atoms with Crippen molar-refractivity contribution in [2.45, 2.75) is 19.9 Å². The van der Waals surface area contributed by atoms with Gasteiger partial charge in [0.1, 0.15) is 5.82 Å². The van der Waals surface area contributed by atoms with Crippen LogP contribution in [0.1, 0.15) is 17.5 Å². The number of hydrogen-bond donors (Lipinski definition) is 2. The van der Waals surface area contributed by atoms with E-state index >= 15 is 0 Å². The number of pyridine rings is 1. The summed E-state index contributed by atoms with van der Waals surface area (Å²) in [5.74, 6) is 0.901. The molecule has 5 nitrogen and oxygen atoms in total. The van der Waals surface area contributed by atoms with Crippen molar-refractivity contribution in [3.05, 3.63) is 23.4 Å². The maximum atomic E-state index is 11.5. The summed E-state index contributed by atoms with van der Waals surface area (Å²) in [6.07, 6.45) is 2.71. The first-order valence-electron chi connectivity index (χ1n) is 5.88. The van der Waals surface area contributed by atoms with Crippen molar-refractivity contribution in [3.63, 3.8) is 0 Å². The van der Waals surface area contributed by atoms with Gasteiger partial charge in [-0.25, -0.2) is 4.98 Å². The van der Waals surface area contributed by atoms with Crippen molar-refractivity contribution < 1.29 is 4.79 Å². The quantitative estimate of drug-likeness (QED) is 0.765. The Hall–Kier alpha value is -1.62. The number of carbonyl (C=O) groups excluding carboxylic acids is 1. The fourth-order valence-electron chi connectivity index (χ4n) is 2.09. The van der Waals surface area contributed by atoms with Crippen molar-refractivity contribution in [1.82, 2.24) is 10.3 Å². The molecule has 0 unspecified atom stereocenters. The number of amides is 1. The first kappa shape index (κ1) is 11.9. The monoisotopic (exact) mass is 234 g/mol. The lowest BCUT2D eigenvalue weighted by Gasteiger charge is -2.23. The van der Waals surface area contributed by atoms with Crippen LogP contribution in [0.25, 0.3) is 0 Å². The summed E-state index contributed by atoms with van der Waals surface area (Å²) < 4.78 is 0. The molecule has 1 fully saturated rings. The standard InChI is InChI=1S/C12H18N4O/c1-9-3-5-15-12(10(9)7-13)16-6-2-4-14-11(17)8-16/h3,5H,2,4,6-8,13H2,1H3,(H,14,17). The molecule has 92 valence electrons. The second kappa shape index (κ2) is 5.14. The van der Waals surface area contributed by atoms with Crippen LogP contribution >= 0.6 is 0 Å². The number of carbonyl (C=O) groups is 1. The molecule has 0 aromatic carbocycles. The summed E-state index contributed by atoms with van der Waals surface area (Å²) in [5.41, 5.74) is 7.92. The van der Waals surface area contributed by atoms with Crippen LogP contribution in [0.4, 0.5) is 5.82 Å². The average molecular weight is 234 g/mol. The lowest BCUT2D eigenvalue weighted by atomic mass is 10.1. The van der Waals surface area contributed by atoms with E-state index in [4.69, 9.17) is 5.73 Å². The summed E-state index contributed by atoms with van der Waals surface area (Å²) in [4.78, 5) is 17.9. The van der Waals surface area contributed by atoms with Gasteiger partial charge in [0.05, 0.1) is 6.54 Å². The first-order chi connectivity index (χ1) is 8.22. The number of rotatable bonds is 2. The minimum atomic E-state index is 0.0498. The summed E-state index contributed by atoms with van der Waals surface area (Å²) in [7, 11) is 0. The zero-order chi connectivity index (χ0) is 12.3. The van der Waals surface area contributed by atoms with E-state index in [0.29, 0.717) is 13.1 Å². The van der Waals surface area contributed by atoms with Crippen molar-refractivity contribution >= 4 is 11.7 Å². The van der Waals surface area contributed by atoms with Crippen LogP contribution in [-0.2, 0) is 11.3 Å². The van der Waals surface area contributed by atoms with Gasteiger partial charge in [-0.05, 0) is 25.0 Å². The van der Waals surface area contributed by atoms with Gasteiger partial charge in [-0.3, -0.25) is 4.79 Å². The van der Waals surface area contributed by atoms with Crippen LogP contribution in [0.2, 0.25) is 0 Å². The molecule has 1 saturated heterocycles. The maximum absolute atomic E-state index is 11.5. The summed E-state index contributed by atoms with van der Waals surface area (Å²) >= 11 is 0. The third-order valence-electron chi connectivity index (χ3n) is 3.03. The van der Waals surface area contributed by atoms with Crippen LogP contribution in [0.5, 0.6) is 0 Å². The topological polar surface area (TPSA) is 71.2 Å². The lowest BCUT2D eigenvalue weighted by Crippen LogP contribution is -2.34. The van der Waals surface area contributed by atoms with E-state index in [1.807, 2.05) is 17.9 Å². The highest BCUT2D eigenvalue weighted by molar-refractivity contribution is 5.81. The summed E-state index contributed by atoms with van der Waals surface area (Å²) in [5, 5.41) is 2.86. The van der Waals surface area contributed by atoms with Gasteiger partial charge >= 0.3 is 0 Å². The van der Waals surface area contributed by atoms with Gasteiger partial charge in [0.25, 0.3) is 0 Å². The molecule has 2 rings (SSSR count). The lowest BCUT2D eigenvalue weighted by molar-refractivity contribution is -0.119. The van der Waals surface area contributed by atoms with Crippen molar-refractivity contribution in [1.29, 1.82) is 0 Å². The molecule has 1 aromatic rings. The molecule has 1 aliphatic rings. The molecule has 0 spiro atoms. The van der Waals surface area contributed by atoms with Crippen LogP contribution in [-0.4, -0.2) is 30.5 Å². The Morgan fingerprint density at radius 3 is 3.18 bits per heavy atom. The zero-order valence-electron chi connectivity index (χ0n) is 10.1. The summed E-state index contributed by atoms with van der Waals surface area (Å²) in [6.45, 7) is 4.41. The Bertz CT molecular complexity index is 419. The van der Waals surface area contributed by atoms with Gasteiger partial charge in [0.2, 0.25) is 5.91 Å². The minimum Gasteiger partial charge on any atom is -0.354 e. The predicted octanol–water partition coefficient (Wildman–Crippen LogP) is 0.175. The molecule has 1 aromatic heterocycles. The fraction of sp³-hybridized carbons (Fsp3) is 0.500. The normalized spacial score (nSPS) is 16.6. The Kier molecular flexibility index (Phi) is 3.58. The van der Waals surface area contributed by atoms with Gasteiger partial charge in [0, 0.05) is 31.4 Å². The Labute approximate surface area is 101 Å². The van der Waals surface area contributed by atoms with Gasteiger partial charge < -0.3 is 16.0 Å². The Morgan fingerprint density at radius 2 is 2.41 bits per heavy atom. The maximum Gasteiger partial charge on any atom is 0.239 e. The molecular weight excluding hydrogens is 216 g/mol. The van der Waals surface area contributed by atoms with Crippen molar-refractivity contribution in [2.24, 2.45) is 5.73 Å². The van der Waals surface area contributed by atoms with Gasteiger partial charge in [-0.15, -0.1) is 0 Å². The predicted molar refractivity (Wildman–Crippen MR) is 66.7 cm³/mol. The Balaban J connectivity index is 2.31. The highest BCUT2D eigenvalue weighted by atomic mass is 16.2. The number of nitrogens with two attached hydrogens (primary N) is 1. The average Bonchev–Trinajstić information content (AvgIpc) is 2.53. The number of hydrogen-bond acceptors (Lipinski definition) is 4. The van der Waals surface area contributed by atoms with Gasteiger partial charge in [-0.1, -0.05) is 0 Å². The molecule has 0 radical (unpaired) electrons. The molecule has 0 bridgehead atoms. The molecule has 0 atom stereocenters. The van der Waals surface area contributed by atoms with Gasteiger partial charge in [-0.2, -0.15) is 0 Å². The molecule has 0 saturated carbocycles. The number of nitrogens with zero attached hydrogens (tertiary/aromatic N) is 2. The van der Waals surface area contributed by atoms with E-state index in [9.17, 15) is 4.79 Å². The van der Waals surface area contributed by atoms with Crippen LogP contribution in [0, 0.1) is 6.92 Å². The molecule has 0 aliphatic carbocycles. The van der Waals surface area contributed by atoms with Crippen LogP contribution in [0.3, 0.4) is 0 Å². The first-order valence-corrected chi connectivity index (χ1v) is 5.88. The zero-order valence-corrected chi connectivity index (χ0v) is 10.1. The third kappa shape index (κ3) is 2.55. The number of aromatic nitrogens is 1.